The minimum atomic E-state index is -3.46. The van der Waals surface area contributed by atoms with E-state index in [0.29, 0.717) is 11.4 Å². The summed E-state index contributed by atoms with van der Waals surface area (Å²) in [4.78, 5) is 0. The molecule has 0 fully saturated rings. The highest BCUT2D eigenvalue weighted by atomic mass is 32.2. The first-order valence-corrected chi connectivity index (χ1v) is 10.1. The maximum atomic E-state index is 12.0. The number of nitrogens with one attached hydrogen (secondary N) is 1. The summed E-state index contributed by atoms with van der Waals surface area (Å²) in [6.45, 7) is 3.21. The fraction of sp³-hybridized carbons (Fsp3) is 0.368. The highest BCUT2D eigenvalue weighted by Crippen LogP contribution is 2.33. The van der Waals surface area contributed by atoms with E-state index in [4.69, 9.17) is 9.15 Å². The standard InChI is InChI=1S/C19H23NO5S/c1-13(2)26(22,23)20-18-11-24-12-19(18)25-17-9-5-15(6-10-17)14-3-7-16(21)8-4-14/h3-5,7-9,11-13,15,17,20-21H,6,10H2,1-2H3/t15?,17-/m1/s1. The van der Waals surface area contributed by atoms with Gasteiger partial charge in [-0.15, -0.1) is 0 Å². The van der Waals surface area contributed by atoms with Crippen LogP contribution in [0.4, 0.5) is 5.69 Å². The molecule has 0 saturated heterocycles. The van der Waals surface area contributed by atoms with Crippen molar-refractivity contribution < 1.29 is 22.7 Å². The predicted molar refractivity (Wildman–Crippen MR) is 100 cm³/mol. The lowest BCUT2D eigenvalue weighted by atomic mass is 9.88. The van der Waals surface area contributed by atoms with Crippen molar-refractivity contribution in [2.24, 2.45) is 0 Å². The number of benzene rings is 1. The van der Waals surface area contributed by atoms with Crippen LogP contribution in [-0.4, -0.2) is 24.9 Å². The molecule has 0 bridgehead atoms. The lowest BCUT2D eigenvalue weighted by Crippen LogP contribution is -2.23. The van der Waals surface area contributed by atoms with E-state index in [2.05, 4.69) is 10.8 Å². The number of phenols is 1. The van der Waals surface area contributed by atoms with E-state index in [9.17, 15) is 13.5 Å². The summed E-state index contributed by atoms with van der Waals surface area (Å²) in [5.74, 6) is 0.914. The Morgan fingerprint density at radius 3 is 2.50 bits per heavy atom. The van der Waals surface area contributed by atoms with Gasteiger partial charge in [0.25, 0.3) is 0 Å². The molecule has 6 nitrogen and oxygen atoms in total. The molecule has 1 unspecified atom stereocenters. The Hall–Kier alpha value is -2.41. The van der Waals surface area contributed by atoms with Crippen LogP contribution < -0.4 is 9.46 Å². The number of rotatable bonds is 6. The molecule has 0 saturated carbocycles. The van der Waals surface area contributed by atoms with Gasteiger partial charge in [-0.25, -0.2) is 8.42 Å². The topological polar surface area (TPSA) is 88.8 Å². The molecule has 2 aromatic rings. The van der Waals surface area contributed by atoms with Crippen LogP contribution in [-0.2, 0) is 10.0 Å². The average molecular weight is 377 g/mol. The fourth-order valence-corrected chi connectivity index (χ4v) is 3.47. The van der Waals surface area contributed by atoms with Crippen molar-refractivity contribution in [2.75, 3.05) is 4.72 Å². The zero-order chi connectivity index (χ0) is 18.7. The number of aromatic hydroxyl groups is 1. The largest absolute Gasteiger partial charge is 0.508 e. The SMILES string of the molecule is CC(C)S(=O)(=O)Nc1cocc1O[C@@H]1C=CC(c2ccc(O)cc2)CC1. The number of anilines is 1. The summed E-state index contributed by atoms with van der Waals surface area (Å²) in [7, 11) is -3.46. The third kappa shape index (κ3) is 4.22. The number of hydrogen-bond acceptors (Lipinski definition) is 5. The summed E-state index contributed by atoms with van der Waals surface area (Å²) in [5, 5.41) is 8.84. The minimum Gasteiger partial charge on any atom is -0.508 e. The monoisotopic (exact) mass is 377 g/mol. The molecule has 3 rings (SSSR count). The Kier molecular flexibility index (Phi) is 5.27. The summed E-state index contributed by atoms with van der Waals surface area (Å²) in [6, 6.07) is 7.20. The summed E-state index contributed by atoms with van der Waals surface area (Å²) >= 11 is 0. The molecule has 1 heterocycles. The van der Waals surface area contributed by atoms with Crippen LogP contribution >= 0.6 is 0 Å². The molecular formula is C19H23NO5S. The van der Waals surface area contributed by atoms with Crippen molar-refractivity contribution >= 4 is 15.7 Å². The molecular weight excluding hydrogens is 354 g/mol. The van der Waals surface area contributed by atoms with E-state index in [1.165, 1.54) is 12.5 Å². The molecule has 0 aliphatic heterocycles. The van der Waals surface area contributed by atoms with Gasteiger partial charge in [0, 0.05) is 5.92 Å². The number of phenolic OH excluding ortho intramolecular Hbond substituents is 1. The van der Waals surface area contributed by atoms with Gasteiger partial charge in [-0.05, 0) is 50.5 Å². The van der Waals surface area contributed by atoms with Crippen LogP contribution in [0.15, 0.2) is 53.4 Å². The van der Waals surface area contributed by atoms with E-state index in [-0.39, 0.29) is 17.8 Å². The molecule has 0 spiro atoms. The van der Waals surface area contributed by atoms with Crippen molar-refractivity contribution in [3.8, 4) is 11.5 Å². The highest BCUT2D eigenvalue weighted by molar-refractivity contribution is 7.93. The Morgan fingerprint density at radius 2 is 1.88 bits per heavy atom. The lowest BCUT2D eigenvalue weighted by Gasteiger charge is -2.24. The smallest absolute Gasteiger partial charge is 0.235 e. The summed E-state index contributed by atoms with van der Waals surface area (Å²) < 4.78 is 37.6. The third-order valence-electron chi connectivity index (χ3n) is 4.42. The number of ether oxygens (including phenoxy) is 1. The normalized spacial score (nSPS) is 20.3. The number of allylic oxidation sites excluding steroid dienone is 1. The van der Waals surface area contributed by atoms with Crippen LogP contribution in [0.2, 0.25) is 0 Å². The Bertz CT molecular complexity index is 868. The van der Waals surface area contributed by atoms with Gasteiger partial charge in [0.15, 0.2) is 5.75 Å². The maximum Gasteiger partial charge on any atom is 0.235 e. The van der Waals surface area contributed by atoms with Crippen molar-refractivity contribution in [3.05, 3.63) is 54.5 Å². The van der Waals surface area contributed by atoms with Crippen LogP contribution in [0.25, 0.3) is 0 Å². The summed E-state index contributed by atoms with van der Waals surface area (Å²) in [5.41, 5.74) is 1.46. The number of sulfonamides is 1. The van der Waals surface area contributed by atoms with Crippen molar-refractivity contribution in [3.63, 3.8) is 0 Å². The van der Waals surface area contributed by atoms with Gasteiger partial charge in [-0.3, -0.25) is 4.72 Å². The Morgan fingerprint density at radius 1 is 1.15 bits per heavy atom. The fourth-order valence-electron chi connectivity index (χ4n) is 2.78. The quantitative estimate of drug-likeness (QED) is 0.742. The molecule has 1 aromatic carbocycles. The molecule has 1 aliphatic rings. The van der Waals surface area contributed by atoms with Gasteiger partial charge in [-0.1, -0.05) is 18.2 Å². The number of furan rings is 1. The molecule has 0 radical (unpaired) electrons. The van der Waals surface area contributed by atoms with Crippen molar-refractivity contribution in [2.45, 2.75) is 44.0 Å². The number of hydrogen-bond donors (Lipinski definition) is 2. The van der Waals surface area contributed by atoms with E-state index < -0.39 is 15.3 Å². The van der Waals surface area contributed by atoms with Gasteiger partial charge in [0.05, 0.1) is 5.25 Å². The van der Waals surface area contributed by atoms with E-state index in [0.717, 1.165) is 18.4 Å². The molecule has 7 heteroatoms. The molecule has 2 atom stereocenters. The maximum absolute atomic E-state index is 12.0. The zero-order valence-electron chi connectivity index (χ0n) is 14.8. The zero-order valence-corrected chi connectivity index (χ0v) is 15.6. The highest BCUT2D eigenvalue weighted by Gasteiger charge is 2.23. The molecule has 1 aliphatic carbocycles. The van der Waals surface area contributed by atoms with Crippen molar-refractivity contribution in [1.29, 1.82) is 0 Å². The van der Waals surface area contributed by atoms with Crippen molar-refractivity contribution in [1.82, 2.24) is 0 Å². The second-order valence-corrected chi connectivity index (χ2v) is 8.90. The van der Waals surface area contributed by atoms with Gasteiger partial charge in [0.2, 0.25) is 10.0 Å². The van der Waals surface area contributed by atoms with Crippen LogP contribution in [0, 0.1) is 0 Å². The first-order chi connectivity index (χ1) is 12.3. The second kappa shape index (κ2) is 7.45. The van der Waals surface area contributed by atoms with E-state index in [1.807, 2.05) is 18.2 Å². The molecule has 2 N–H and O–H groups in total. The Balaban J connectivity index is 1.66. The van der Waals surface area contributed by atoms with E-state index in [1.54, 1.807) is 26.0 Å². The molecule has 1 aromatic heterocycles. The van der Waals surface area contributed by atoms with Crippen LogP contribution in [0.1, 0.15) is 38.2 Å². The van der Waals surface area contributed by atoms with Gasteiger partial charge in [0.1, 0.15) is 30.1 Å². The summed E-state index contributed by atoms with van der Waals surface area (Å²) in [6.07, 6.45) is 8.34. The first-order valence-electron chi connectivity index (χ1n) is 8.57. The lowest BCUT2D eigenvalue weighted by molar-refractivity contribution is 0.225. The Labute approximate surface area is 153 Å². The van der Waals surface area contributed by atoms with E-state index >= 15 is 0 Å². The predicted octanol–water partition coefficient (Wildman–Crippen LogP) is 4.02. The van der Waals surface area contributed by atoms with Crippen LogP contribution in [0.3, 0.4) is 0 Å². The molecule has 0 amide bonds. The van der Waals surface area contributed by atoms with Gasteiger partial charge < -0.3 is 14.3 Å². The van der Waals surface area contributed by atoms with Gasteiger partial charge >= 0.3 is 0 Å². The molecule has 26 heavy (non-hydrogen) atoms. The second-order valence-electron chi connectivity index (χ2n) is 6.66. The van der Waals surface area contributed by atoms with Gasteiger partial charge in [-0.2, -0.15) is 0 Å². The van der Waals surface area contributed by atoms with Crippen LogP contribution in [0.5, 0.6) is 11.5 Å². The first kappa shape index (κ1) is 18.4. The average Bonchev–Trinajstić information content (AvgIpc) is 3.02. The molecule has 140 valence electrons. The third-order valence-corrected chi connectivity index (χ3v) is 6.16. The minimum absolute atomic E-state index is 0.150.